The zero-order chi connectivity index (χ0) is 9.84. The summed E-state index contributed by atoms with van der Waals surface area (Å²) in [6, 6.07) is 3.89. The van der Waals surface area contributed by atoms with Crippen molar-refractivity contribution in [1.82, 2.24) is 0 Å². The van der Waals surface area contributed by atoms with Gasteiger partial charge in [-0.15, -0.1) is 0 Å². The van der Waals surface area contributed by atoms with Crippen LogP contribution < -0.4 is 4.74 Å². The highest BCUT2D eigenvalue weighted by molar-refractivity contribution is 7.80. The molecule has 0 unspecified atom stereocenters. The Balaban J connectivity index is 2.86. The normalized spacial score (nSPS) is 10.2. The third kappa shape index (κ3) is 2.82. The Labute approximate surface area is 89.5 Å². The number of hydrogen-bond donors (Lipinski definition) is 1. The summed E-state index contributed by atoms with van der Waals surface area (Å²) in [4.78, 5) is 0. The predicted octanol–water partition coefficient (Wildman–Crippen LogP) is 3.27. The van der Waals surface area contributed by atoms with Gasteiger partial charge in [0.25, 0.3) is 0 Å². The molecule has 0 spiro atoms. The SMILES string of the molecule is Cc1cc(OCCS)cc(C)c1Cl. The standard InChI is InChI=1S/C10H13ClOS/c1-7-5-9(12-3-4-13)6-8(2)10(7)11/h5-6,13H,3-4H2,1-2H3. The highest BCUT2D eigenvalue weighted by Crippen LogP contribution is 2.25. The number of rotatable bonds is 3. The summed E-state index contributed by atoms with van der Waals surface area (Å²) in [5.74, 6) is 1.59. The van der Waals surface area contributed by atoms with Gasteiger partial charge in [0.2, 0.25) is 0 Å². The molecule has 0 heterocycles. The van der Waals surface area contributed by atoms with E-state index in [1.807, 2.05) is 26.0 Å². The van der Waals surface area contributed by atoms with E-state index < -0.39 is 0 Å². The fourth-order valence-electron chi connectivity index (χ4n) is 1.15. The van der Waals surface area contributed by atoms with Crippen molar-refractivity contribution in [1.29, 1.82) is 0 Å². The van der Waals surface area contributed by atoms with Gasteiger partial charge in [0.15, 0.2) is 0 Å². The Kier molecular flexibility index (Phi) is 3.94. The maximum Gasteiger partial charge on any atom is 0.119 e. The van der Waals surface area contributed by atoms with Crippen LogP contribution in [0.25, 0.3) is 0 Å². The molecule has 0 aromatic heterocycles. The topological polar surface area (TPSA) is 9.23 Å². The van der Waals surface area contributed by atoms with Crippen molar-refractivity contribution >= 4 is 24.2 Å². The van der Waals surface area contributed by atoms with Crippen LogP contribution in [-0.2, 0) is 0 Å². The first-order chi connectivity index (χ1) is 6.15. The molecule has 0 aliphatic heterocycles. The Bertz CT molecular complexity index is 276. The first-order valence-electron chi connectivity index (χ1n) is 4.15. The maximum absolute atomic E-state index is 6.01. The van der Waals surface area contributed by atoms with Crippen LogP contribution in [0.2, 0.25) is 5.02 Å². The van der Waals surface area contributed by atoms with Gasteiger partial charge in [-0.1, -0.05) is 11.6 Å². The molecule has 0 bridgehead atoms. The van der Waals surface area contributed by atoms with Gasteiger partial charge in [-0.3, -0.25) is 0 Å². The molecule has 1 nitrogen and oxygen atoms in total. The van der Waals surface area contributed by atoms with Gasteiger partial charge in [-0.2, -0.15) is 12.6 Å². The van der Waals surface area contributed by atoms with Crippen LogP contribution >= 0.6 is 24.2 Å². The molecule has 1 aromatic carbocycles. The summed E-state index contributed by atoms with van der Waals surface area (Å²) >= 11 is 10.1. The minimum Gasteiger partial charge on any atom is -0.493 e. The fraction of sp³-hybridized carbons (Fsp3) is 0.400. The average Bonchev–Trinajstić information content (AvgIpc) is 2.10. The number of thiol groups is 1. The molecule has 0 saturated carbocycles. The lowest BCUT2D eigenvalue weighted by Gasteiger charge is -2.08. The molecule has 0 atom stereocenters. The number of aryl methyl sites for hydroxylation is 2. The summed E-state index contributed by atoms with van der Waals surface area (Å²) in [5, 5.41) is 0.818. The van der Waals surface area contributed by atoms with Crippen LogP contribution in [0.1, 0.15) is 11.1 Å². The zero-order valence-electron chi connectivity index (χ0n) is 7.80. The van der Waals surface area contributed by atoms with Gasteiger partial charge in [-0.25, -0.2) is 0 Å². The van der Waals surface area contributed by atoms with Gasteiger partial charge in [0.1, 0.15) is 5.75 Å². The van der Waals surface area contributed by atoms with E-state index in [-0.39, 0.29) is 0 Å². The molecule has 0 radical (unpaired) electrons. The summed E-state index contributed by atoms with van der Waals surface area (Å²) in [7, 11) is 0. The van der Waals surface area contributed by atoms with Crippen LogP contribution in [0.15, 0.2) is 12.1 Å². The van der Waals surface area contributed by atoms with E-state index in [1.165, 1.54) is 0 Å². The van der Waals surface area contributed by atoms with Crippen molar-refractivity contribution in [2.45, 2.75) is 13.8 Å². The molecular weight excluding hydrogens is 204 g/mol. The minimum absolute atomic E-state index is 0.629. The van der Waals surface area contributed by atoms with E-state index in [2.05, 4.69) is 12.6 Å². The first-order valence-corrected chi connectivity index (χ1v) is 5.16. The second-order valence-electron chi connectivity index (χ2n) is 2.94. The lowest BCUT2D eigenvalue weighted by Crippen LogP contribution is -1.98. The minimum atomic E-state index is 0.629. The van der Waals surface area contributed by atoms with Gasteiger partial charge in [-0.05, 0) is 37.1 Å². The zero-order valence-corrected chi connectivity index (χ0v) is 9.45. The van der Waals surface area contributed by atoms with Crippen LogP contribution in [0.3, 0.4) is 0 Å². The molecule has 0 N–H and O–H groups in total. The average molecular weight is 217 g/mol. The van der Waals surface area contributed by atoms with Gasteiger partial charge < -0.3 is 4.74 Å². The Morgan fingerprint density at radius 2 is 1.85 bits per heavy atom. The molecule has 0 fully saturated rings. The summed E-state index contributed by atoms with van der Waals surface area (Å²) in [5.41, 5.74) is 2.10. The van der Waals surface area contributed by atoms with E-state index in [1.54, 1.807) is 0 Å². The largest absolute Gasteiger partial charge is 0.493 e. The quantitative estimate of drug-likeness (QED) is 0.764. The molecule has 0 amide bonds. The van der Waals surface area contributed by atoms with Crippen molar-refractivity contribution in [3.8, 4) is 5.75 Å². The predicted molar refractivity (Wildman–Crippen MR) is 60.3 cm³/mol. The Morgan fingerprint density at radius 3 is 2.31 bits per heavy atom. The molecule has 1 aromatic rings. The molecule has 13 heavy (non-hydrogen) atoms. The van der Waals surface area contributed by atoms with Crippen molar-refractivity contribution < 1.29 is 4.74 Å². The molecule has 3 heteroatoms. The van der Waals surface area contributed by atoms with E-state index >= 15 is 0 Å². The Morgan fingerprint density at radius 1 is 1.31 bits per heavy atom. The molecule has 0 aliphatic carbocycles. The number of benzene rings is 1. The molecule has 0 aliphatic rings. The fourth-order valence-corrected chi connectivity index (χ4v) is 1.35. The van der Waals surface area contributed by atoms with Crippen LogP contribution in [0.4, 0.5) is 0 Å². The van der Waals surface area contributed by atoms with E-state index in [0.717, 1.165) is 27.7 Å². The molecule has 72 valence electrons. The van der Waals surface area contributed by atoms with Crippen molar-refractivity contribution in [3.05, 3.63) is 28.3 Å². The summed E-state index contributed by atoms with van der Waals surface area (Å²) < 4.78 is 5.44. The lowest BCUT2D eigenvalue weighted by atomic mass is 10.1. The highest BCUT2D eigenvalue weighted by atomic mass is 35.5. The van der Waals surface area contributed by atoms with Gasteiger partial charge >= 0.3 is 0 Å². The number of ether oxygens (including phenoxy) is 1. The molecular formula is C10H13ClOS. The molecule has 0 saturated heterocycles. The highest BCUT2D eigenvalue weighted by Gasteiger charge is 2.02. The number of hydrogen-bond acceptors (Lipinski definition) is 2. The first kappa shape index (κ1) is 10.7. The monoisotopic (exact) mass is 216 g/mol. The number of halogens is 1. The van der Waals surface area contributed by atoms with Gasteiger partial charge in [0.05, 0.1) is 6.61 Å². The van der Waals surface area contributed by atoms with Crippen LogP contribution in [0.5, 0.6) is 5.75 Å². The Hall–Kier alpha value is -0.340. The van der Waals surface area contributed by atoms with E-state index in [9.17, 15) is 0 Å². The van der Waals surface area contributed by atoms with Crippen molar-refractivity contribution in [3.63, 3.8) is 0 Å². The van der Waals surface area contributed by atoms with E-state index in [0.29, 0.717) is 6.61 Å². The smallest absolute Gasteiger partial charge is 0.119 e. The maximum atomic E-state index is 6.01. The van der Waals surface area contributed by atoms with Crippen LogP contribution in [0, 0.1) is 13.8 Å². The second kappa shape index (κ2) is 4.77. The van der Waals surface area contributed by atoms with Gasteiger partial charge in [0, 0.05) is 10.8 Å². The van der Waals surface area contributed by atoms with Crippen molar-refractivity contribution in [2.24, 2.45) is 0 Å². The van der Waals surface area contributed by atoms with E-state index in [4.69, 9.17) is 16.3 Å². The van der Waals surface area contributed by atoms with Crippen LogP contribution in [-0.4, -0.2) is 12.4 Å². The lowest BCUT2D eigenvalue weighted by molar-refractivity contribution is 0.344. The summed E-state index contributed by atoms with van der Waals surface area (Å²) in [6.07, 6.45) is 0. The third-order valence-corrected chi connectivity index (χ3v) is 2.55. The molecule has 1 rings (SSSR count). The van der Waals surface area contributed by atoms with Crippen molar-refractivity contribution in [2.75, 3.05) is 12.4 Å². The second-order valence-corrected chi connectivity index (χ2v) is 3.77. The summed E-state index contributed by atoms with van der Waals surface area (Å²) in [6.45, 7) is 4.58. The third-order valence-electron chi connectivity index (χ3n) is 1.77.